The number of aromatic nitrogens is 2. The van der Waals surface area contributed by atoms with Gasteiger partial charge in [-0.15, -0.1) is 0 Å². The molecule has 1 aromatic carbocycles. The number of hydrogen-bond acceptors (Lipinski definition) is 5. The summed E-state index contributed by atoms with van der Waals surface area (Å²) in [7, 11) is 2.55. The van der Waals surface area contributed by atoms with Gasteiger partial charge in [-0.2, -0.15) is 5.10 Å². The Hall–Kier alpha value is -2.63. The molecule has 2 aromatic rings. The third-order valence-corrected chi connectivity index (χ3v) is 3.52. The number of ether oxygens (including phenoxy) is 2. The van der Waals surface area contributed by atoms with Gasteiger partial charge in [-0.05, 0) is 25.0 Å². The lowest BCUT2D eigenvalue weighted by Gasteiger charge is -2.08. The number of carbonyl (C=O) groups is 2. The lowest BCUT2D eigenvalue weighted by Crippen LogP contribution is -2.12. The maximum atomic E-state index is 12.2. The van der Waals surface area contributed by atoms with Crippen molar-refractivity contribution in [3.05, 3.63) is 47.3 Å². The fourth-order valence-electron chi connectivity index (χ4n) is 2.37. The molecule has 0 unspecified atom stereocenters. The van der Waals surface area contributed by atoms with Gasteiger partial charge in [-0.3, -0.25) is 0 Å². The molecule has 23 heavy (non-hydrogen) atoms. The summed E-state index contributed by atoms with van der Waals surface area (Å²) in [6.45, 7) is 2.06. The number of methoxy groups -OCH3 is 2. The Labute approximate surface area is 135 Å². The van der Waals surface area contributed by atoms with E-state index in [1.165, 1.54) is 14.2 Å². The zero-order valence-electron chi connectivity index (χ0n) is 13.5. The van der Waals surface area contributed by atoms with E-state index in [1.807, 2.05) is 30.3 Å². The highest BCUT2D eigenvalue weighted by atomic mass is 16.5. The summed E-state index contributed by atoms with van der Waals surface area (Å²) < 4.78 is 11.2. The van der Waals surface area contributed by atoms with Crippen molar-refractivity contribution in [1.82, 2.24) is 9.78 Å². The summed E-state index contributed by atoms with van der Waals surface area (Å²) >= 11 is 0. The standard InChI is InChI=1S/C17H20N2O4/c1-4-5-11-13-14(16(20)22-2)15(17(21)23-3)18-19(13)12-9-7-6-8-10-12/h6-10H,4-5,11H2,1-3H3. The Balaban J connectivity index is 2.67. The Kier molecular flexibility index (Phi) is 5.51. The minimum atomic E-state index is -0.655. The number of benzene rings is 1. The average Bonchev–Trinajstić information content (AvgIpc) is 2.98. The van der Waals surface area contributed by atoms with Crippen molar-refractivity contribution in [2.24, 2.45) is 0 Å². The van der Waals surface area contributed by atoms with Gasteiger partial charge in [0.25, 0.3) is 0 Å². The highest BCUT2D eigenvalue weighted by Gasteiger charge is 2.29. The molecule has 2 rings (SSSR count). The topological polar surface area (TPSA) is 70.4 Å². The second kappa shape index (κ2) is 7.58. The van der Waals surface area contributed by atoms with Gasteiger partial charge in [-0.25, -0.2) is 14.3 Å². The largest absolute Gasteiger partial charge is 0.465 e. The Morgan fingerprint density at radius 1 is 1.09 bits per heavy atom. The molecule has 0 saturated carbocycles. The lowest BCUT2D eigenvalue weighted by molar-refractivity contribution is 0.0551. The first-order valence-corrected chi connectivity index (χ1v) is 7.48. The number of rotatable bonds is 6. The van der Waals surface area contributed by atoms with E-state index in [9.17, 15) is 9.59 Å². The molecule has 0 N–H and O–H groups in total. The van der Waals surface area contributed by atoms with Crippen LogP contribution in [-0.2, 0) is 15.9 Å². The van der Waals surface area contributed by atoms with Gasteiger partial charge in [0.15, 0.2) is 5.69 Å². The van der Waals surface area contributed by atoms with E-state index in [0.717, 1.165) is 18.5 Å². The maximum absolute atomic E-state index is 12.2. The lowest BCUT2D eigenvalue weighted by atomic mass is 10.1. The Morgan fingerprint density at radius 2 is 1.74 bits per heavy atom. The number of unbranched alkanes of at least 4 members (excludes halogenated alkanes) is 1. The maximum Gasteiger partial charge on any atom is 0.359 e. The highest BCUT2D eigenvalue weighted by Crippen LogP contribution is 2.22. The third kappa shape index (κ3) is 3.41. The average molecular weight is 316 g/mol. The summed E-state index contributed by atoms with van der Waals surface area (Å²) in [6, 6.07) is 9.36. The molecule has 0 bridgehead atoms. The minimum absolute atomic E-state index is 0.0192. The first-order valence-electron chi connectivity index (χ1n) is 7.48. The van der Waals surface area contributed by atoms with Crippen molar-refractivity contribution in [1.29, 1.82) is 0 Å². The first kappa shape index (κ1) is 16.7. The molecule has 0 aliphatic rings. The van der Waals surface area contributed by atoms with Gasteiger partial charge in [0, 0.05) is 0 Å². The summed E-state index contributed by atoms with van der Waals surface area (Å²) in [4.78, 5) is 24.2. The van der Waals surface area contributed by atoms with Crippen molar-refractivity contribution in [3.8, 4) is 5.69 Å². The molecule has 0 amide bonds. The molecule has 0 aliphatic carbocycles. The van der Waals surface area contributed by atoms with Crippen LogP contribution in [0.3, 0.4) is 0 Å². The normalized spacial score (nSPS) is 10.4. The Bertz CT molecular complexity index is 692. The summed E-state index contributed by atoms with van der Waals surface area (Å²) in [5.74, 6) is -1.24. The van der Waals surface area contributed by atoms with Gasteiger partial charge in [-0.1, -0.05) is 31.5 Å². The second-order valence-corrected chi connectivity index (χ2v) is 5.00. The van der Waals surface area contributed by atoms with Crippen LogP contribution in [0.25, 0.3) is 5.69 Å². The number of carbonyl (C=O) groups excluding carboxylic acids is 2. The Morgan fingerprint density at radius 3 is 2.30 bits per heavy atom. The van der Waals surface area contributed by atoms with Crippen molar-refractivity contribution in [2.75, 3.05) is 14.2 Å². The van der Waals surface area contributed by atoms with Gasteiger partial charge in [0.05, 0.1) is 25.6 Å². The molecular formula is C17H20N2O4. The van der Waals surface area contributed by atoms with Crippen LogP contribution in [-0.4, -0.2) is 35.9 Å². The highest BCUT2D eigenvalue weighted by molar-refractivity contribution is 6.02. The minimum Gasteiger partial charge on any atom is -0.465 e. The summed E-state index contributed by atoms with van der Waals surface area (Å²) in [5.41, 5.74) is 1.59. The van der Waals surface area contributed by atoms with Crippen molar-refractivity contribution in [3.63, 3.8) is 0 Å². The molecule has 1 aromatic heterocycles. The summed E-state index contributed by atoms with van der Waals surface area (Å²) in [5, 5.41) is 4.31. The van der Waals surface area contributed by atoms with E-state index in [-0.39, 0.29) is 11.3 Å². The summed E-state index contributed by atoms with van der Waals surface area (Å²) in [6.07, 6.45) is 2.43. The van der Waals surface area contributed by atoms with E-state index < -0.39 is 11.9 Å². The van der Waals surface area contributed by atoms with Gasteiger partial charge in [0.1, 0.15) is 5.56 Å². The predicted molar refractivity (Wildman–Crippen MR) is 84.9 cm³/mol. The second-order valence-electron chi connectivity index (χ2n) is 5.00. The van der Waals surface area contributed by atoms with E-state index >= 15 is 0 Å². The van der Waals surface area contributed by atoms with Crippen LogP contribution >= 0.6 is 0 Å². The van der Waals surface area contributed by atoms with Crippen molar-refractivity contribution >= 4 is 11.9 Å². The number of hydrogen-bond donors (Lipinski definition) is 0. The predicted octanol–water partition coefficient (Wildman–Crippen LogP) is 2.79. The zero-order chi connectivity index (χ0) is 16.8. The van der Waals surface area contributed by atoms with Gasteiger partial charge >= 0.3 is 11.9 Å². The van der Waals surface area contributed by atoms with E-state index in [2.05, 4.69) is 12.0 Å². The molecule has 0 aliphatic heterocycles. The number of nitrogens with zero attached hydrogens (tertiary/aromatic N) is 2. The number of para-hydroxylation sites is 1. The van der Waals surface area contributed by atoms with Crippen molar-refractivity contribution in [2.45, 2.75) is 26.2 Å². The molecular weight excluding hydrogens is 296 g/mol. The van der Waals surface area contributed by atoms with Crippen LogP contribution in [0.5, 0.6) is 0 Å². The molecule has 122 valence electrons. The fraction of sp³-hybridized carbons (Fsp3) is 0.353. The number of esters is 2. The molecule has 0 atom stereocenters. The van der Waals surface area contributed by atoms with Crippen LogP contribution in [0.15, 0.2) is 30.3 Å². The molecule has 6 heteroatoms. The van der Waals surface area contributed by atoms with Crippen LogP contribution in [0.1, 0.15) is 46.3 Å². The fourth-order valence-corrected chi connectivity index (χ4v) is 2.37. The monoisotopic (exact) mass is 316 g/mol. The molecule has 0 fully saturated rings. The SMILES string of the molecule is CCCCc1c(C(=O)OC)c(C(=O)OC)nn1-c1ccccc1. The quantitative estimate of drug-likeness (QED) is 0.766. The van der Waals surface area contributed by atoms with Crippen LogP contribution in [0, 0.1) is 0 Å². The molecule has 0 spiro atoms. The molecule has 1 heterocycles. The molecule has 0 radical (unpaired) electrons. The van der Waals surface area contributed by atoms with Crippen LogP contribution < -0.4 is 0 Å². The third-order valence-electron chi connectivity index (χ3n) is 3.52. The van der Waals surface area contributed by atoms with Crippen molar-refractivity contribution < 1.29 is 19.1 Å². The van der Waals surface area contributed by atoms with E-state index in [0.29, 0.717) is 12.1 Å². The van der Waals surface area contributed by atoms with Gasteiger partial charge < -0.3 is 9.47 Å². The first-order chi connectivity index (χ1) is 11.1. The zero-order valence-corrected chi connectivity index (χ0v) is 13.5. The smallest absolute Gasteiger partial charge is 0.359 e. The van der Waals surface area contributed by atoms with E-state index in [1.54, 1.807) is 4.68 Å². The van der Waals surface area contributed by atoms with Gasteiger partial charge in [0.2, 0.25) is 0 Å². The van der Waals surface area contributed by atoms with E-state index in [4.69, 9.17) is 9.47 Å². The molecule has 0 saturated heterocycles. The van der Waals surface area contributed by atoms with Crippen LogP contribution in [0.4, 0.5) is 0 Å². The molecule has 6 nitrogen and oxygen atoms in total. The van der Waals surface area contributed by atoms with Crippen LogP contribution in [0.2, 0.25) is 0 Å².